The fraction of sp³-hybridized carbons (Fsp3) is 0.300. The number of morpholine rings is 1. The van der Waals surface area contributed by atoms with Crippen LogP contribution in [0.3, 0.4) is 0 Å². The summed E-state index contributed by atoms with van der Waals surface area (Å²) in [4.78, 5) is 17.3. The van der Waals surface area contributed by atoms with E-state index in [4.69, 9.17) is 4.74 Å². The van der Waals surface area contributed by atoms with Crippen molar-refractivity contribution in [3.8, 4) is 5.75 Å². The number of benzene rings is 2. The van der Waals surface area contributed by atoms with Crippen molar-refractivity contribution in [2.75, 3.05) is 55.6 Å². The Hall–Kier alpha value is -3.46. The van der Waals surface area contributed by atoms with E-state index < -0.39 is 0 Å². The van der Waals surface area contributed by atoms with Gasteiger partial charge in [0.15, 0.2) is 0 Å². The van der Waals surface area contributed by atoms with Crippen LogP contribution in [0.4, 0.5) is 17.8 Å². The number of ether oxygens (including phenoxy) is 1. The molecule has 1 fully saturated rings. The average molecular weight is 393 g/mol. The van der Waals surface area contributed by atoms with E-state index in [2.05, 4.69) is 30.4 Å². The van der Waals surface area contributed by atoms with Crippen molar-refractivity contribution in [3.63, 3.8) is 0 Å². The average Bonchev–Trinajstić information content (AvgIpc) is 2.75. The standard InChI is InChI=1S/C20H23N7O2/c1-26(2)19-22-18(23-20(24-19)27-9-11-29-12-10-27)25-21-13-16-15-6-4-3-5-14(15)7-8-17(16)28/h3-8,13,28H,9-12H2,1-2H3,(H,22,23,24,25)/b21-13+. The van der Waals surface area contributed by atoms with Crippen LogP contribution in [-0.4, -0.2) is 66.7 Å². The first kappa shape index (κ1) is 18.9. The predicted octanol–water partition coefficient (Wildman–Crippen LogP) is 2.08. The molecule has 9 heteroatoms. The van der Waals surface area contributed by atoms with Crippen molar-refractivity contribution < 1.29 is 9.84 Å². The van der Waals surface area contributed by atoms with Crippen molar-refractivity contribution >= 4 is 34.8 Å². The molecule has 0 amide bonds. The van der Waals surface area contributed by atoms with Crippen molar-refractivity contribution in [3.05, 3.63) is 42.0 Å². The fourth-order valence-corrected chi connectivity index (χ4v) is 3.08. The molecule has 0 spiro atoms. The van der Waals surface area contributed by atoms with Gasteiger partial charge < -0.3 is 19.6 Å². The molecule has 0 saturated carbocycles. The smallest absolute Gasteiger partial charge is 0.250 e. The highest BCUT2D eigenvalue weighted by molar-refractivity contribution is 6.02. The number of phenols is 1. The predicted molar refractivity (Wildman–Crippen MR) is 114 cm³/mol. The number of fused-ring (bicyclic) bond motifs is 1. The highest BCUT2D eigenvalue weighted by Gasteiger charge is 2.17. The molecule has 4 rings (SSSR count). The third-order valence-electron chi connectivity index (χ3n) is 4.61. The number of anilines is 3. The number of hydrogen-bond donors (Lipinski definition) is 2. The van der Waals surface area contributed by atoms with Gasteiger partial charge in [0.1, 0.15) is 5.75 Å². The van der Waals surface area contributed by atoms with Crippen LogP contribution in [0.1, 0.15) is 5.56 Å². The SMILES string of the molecule is CN(C)c1nc(N/N=C/c2c(O)ccc3ccccc23)nc(N2CCOCC2)n1. The van der Waals surface area contributed by atoms with Crippen molar-refractivity contribution in [2.24, 2.45) is 5.10 Å². The van der Waals surface area contributed by atoms with Crippen LogP contribution >= 0.6 is 0 Å². The first-order valence-electron chi connectivity index (χ1n) is 9.38. The van der Waals surface area contributed by atoms with Gasteiger partial charge in [-0.2, -0.15) is 20.1 Å². The van der Waals surface area contributed by atoms with E-state index in [-0.39, 0.29) is 5.75 Å². The number of rotatable bonds is 5. The molecule has 2 N–H and O–H groups in total. The monoisotopic (exact) mass is 393 g/mol. The van der Waals surface area contributed by atoms with Gasteiger partial charge in [-0.1, -0.05) is 30.3 Å². The van der Waals surface area contributed by atoms with E-state index in [1.807, 2.05) is 49.3 Å². The van der Waals surface area contributed by atoms with Gasteiger partial charge in [-0.05, 0) is 16.8 Å². The van der Waals surface area contributed by atoms with Crippen molar-refractivity contribution in [1.82, 2.24) is 15.0 Å². The lowest BCUT2D eigenvalue weighted by Crippen LogP contribution is -2.37. The Morgan fingerprint density at radius 2 is 1.90 bits per heavy atom. The van der Waals surface area contributed by atoms with Gasteiger partial charge in [-0.25, -0.2) is 5.43 Å². The summed E-state index contributed by atoms with van der Waals surface area (Å²) >= 11 is 0. The zero-order chi connectivity index (χ0) is 20.2. The molecule has 0 bridgehead atoms. The van der Waals surface area contributed by atoms with E-state index in [1.54, 1.807) is 12.3 Å². The van der Waals surface area contributed by atoms with Crippen molar-refractivity contribution in [1.29, 1.82) is 0 Å². The molecule has 29 heavy (non-hydrogen) atoms. The summed E-state index contributed by atoms with van der Waals surface area (Å²) in [5, 5.41) is 16.4. The second kappa shape index (κ2) is 8.27. The van der Waals surface area contributed by atoms with Crippen LogP contribution in [0.5, 0.6) is 5.75 Å². The molecule has 150 valence electrons. The number of aromatic hydroxyl groups is 1. The van der Waals surface area contributed by atoms with E-state index in [0.717, 1.165) is 23.9 Å². The Labute approximate surface area is 168 Å². The lowest BCUT2D eigenvalue weighted by molar-refractivity contribution is 0.122. The van der Waals surface area contributed by atoms with Gasteiger partial charge in [0.2, 0.25) is 17.8 Å². The summed E-state index contributed by atoms with van der Waals surface area (Å²) in [5.74, 6) is 1.61. The Kier molecular flexibility index (Phi) is 5.39. The van der Waals surface area contributed by atoms with E-state index in [9.17, 15) is 5.11 Å². The van der Waals surface area contributed by atoms with Gasteiger partial charge in [-0.15, -0.1) is 0 Å². The molecule has 9 nitrogen and oxygen atoms in total. The molecule has 2 heterocycles. The van der Waals surface area contributed by atoms with Crippen LogP contribution in [-0.2, 0) is 4.74 Å². The van der Waals surface area contributed by atoms with Crippen LogP contribution in [0.25, 0.3) is 10.8 Å². The summed E-state index contributed by atoms with van der Waals surface area (Å²) in [5.41, 5.74) is 3.50. The zero-order valence-electron chi connectivity index (χ0n) is 16.4. The Balaban J connectivity index is 1.61. The lowest BCUT2D eigenvalue weighted by Gasteiger charge is -2.27. The summed E-state index contributed by atoms with van der Waals surface area (Å²) in [6.45, 7) is 2.74. The van der Waals surface area contributed by atoms with Crippen LogP contribution in [0.2, 0.25) is 0 Å². The summed E-state index contributed by atoms with van der Waals surface area (Å²) < 4.78 is 5.40. The summed E-state index contributed by atoms with van der Waals surface area (Å²) in [6.07, 6.45) is 1.57. The number of hydrogen-bond acceptors (Lipinski definition) is 9. The minimum absolute atomic E-state index is 0.160. The fourth-order valence-electron chi connectivity index (χ4n) is 3.08. The van der Waals surface area contributed by atoms with E-state index in [1.165, 1.54) is 0 Å². The Morgan fingerprint density at radius 1 is 1.10 bits per heavy atom. The molecular formula is C20H23N7O2. The maximum Gasteiger partial charge on any atom is 0.250 e. The Bertz CT molecular complexity index is 1030. The lowest BCUT2D eigenvalue weighted by atomic mass is 10.0. The second-order valence-corrected chi connectivity index (χ2v) is 6.84. The number of aromatic nitrogens is 3. The number of nitrogens with one attached hydrogen (secondary N) is 1. The Morgan fingerprint density at radius 3 is 2.69 bits per heavy atom. The summed E-state index contributed by atoms with van der Waals surface area (Å²) in [7, 11) is 3.75. The number of hydrazone groups is 1. The second-order valence-electron chi connectivity index (χ2n) is 6.84. The largest absolute Gasteiger partial charge is 0.507 e. The number of phenolic OH excluding ortho intramolecular Hbond substituents is 1. The molecule has 0 radical (unpaired) electrons. The maximum absolute atomic E-state index is 10.3. The third-order valence-corrected chi connectivity index (χ3v) is 4.61. The highest BCUT2D eigenvalue weighted by Crippen LogP contribution is 2.25. The minimum atomic E-state index is 0.160. The van der Waals surface area contributed by atoms with Crippen LogP contribution in [0.15, 0.2) is 41.5 Å². The van der Waals surface area contributed by atoms with Crippen LogP contribution < -0.4 is 15.2 Å². The van der Waals surface area contributed by atoms with E-state index in [0.29, 0.717) is 36.6 Å². The maximum atomic E-state index is 10.3. The summed E-state index contributed by atoms with van der Waals surface area (Å²) in [6, 6.07) is 11.4. The quantitative estimate of drug-likeness (QED) is 0.502. The minimum Gasteiger partial charge on any atom is -0.507 e. The zero-order valence-corrected chi connectivity index (χ0v) is 16.4. The molecule has 3 aromatic rings. The molecule has 0 unspecified atom stereocenters. The van der Waals surface area contributed by atoms with Gasteiger partial charge in [-0.3, -0.25) is 0 Å². The highest BCUT2D eigenvalue weighted by atomic mass is 16.5. The molecule has 1 aromatic heterocycles. The molecule has 1 aliphatic rings. The van der Waals surface area contributed by atoms with Crippen LogP contribution in [0, 0.1) is 0 Å². The molecule has 1 saturated heterocycles. The van der Waals surface area contributed by atoms with Gasteiger partial charge in [0.25, 0.3) is 0 Å². The van der Waals surface area contributed by atoms with Gasteiger partial charge in [0, 0.05) is 32.7 Å². The molecule has 0 aliphatic carbocycles. The van der Waals surface area contributed by atoms with Crippen molar-refractivity contribution in [2.45, 2.75) is 0 Å². The number of nitrogens with zero attached hydrogens (tertiary/aromatic N) is 6. The molecular weight excluding hydrogens is 370 g/mol. The van der Waals surface area contributed by atoms with Gasteiger partial charge >= 0.3 is 0 Å². The molecule has 2 aromatic carbocycles. The normalized spacial score (nSPS) is 14.5. The molecule has 0 atom stereocenters. The topological polar surface area (TPSA) is 99.0 Å². The first-order chi connectivity index (χ1) is 14.1. The molecule has 1 aliphatic heterocycles. The van der Waals surface area contributed by atoms with E-state index >= 15 is 0 Å². The first-order valence-corrected chi connectivity index (χ1v) is 9.38. The third kappa shape index (κ3) is 4.19. The van der Waals surface area contributed by atoms with Gasteiger partial charge in [0.05, 0.1) is 19.4 Å².